The quantitative estimate of drug-likeness (QED) is 0.392. The van der Waals surface area contributed by atoms with Gasteiger partial charge in [0, 0.05) is 50.0 Å². The van der Waals surface area contributed by atoms with Gasteiger partial charge in [0.25, 0.3) is 0 Å². The van der Waals surface area contributed by atoms with E-state index in [-0.39, 0.29) is 12.5 Å². The van der Waals surface area contributed by atoms with Gasteiger partial charge in [-0.25, -0.2) is 0 Å². The van der Waals surface area contributed by atoms with Crippen LogP contribution in [0.4, 0.5) is 5.69 Å². The number of aromatic nitrogens is 1. The Morgan fingerprint density at radius 3 is 2.62 bits per heavy atom. The van der Waals surface area contributed by atoms with Crippen LogP contribution in [0.3, 0.4) is 0 Å². The van der Waals surface area contributed by atoms with Gasteiger partial charge >= 0.3 is 0 Å². The van der Waals surface area contributed by atoms with Crippen LogP contribution in [0, 0.1) is 0 Å². The lowest BCUT2D eigenvalue weighted by molar-refractivity contribution is -0.108. The summed E-state index contributed by atoms with van der Waals surface area (Å²) in [4.78, 5) is 21.3. The topological polar surface area (TPSA) is 65.9 Å². The summed E-state index contributed by atoms with van der Waals surface area (Å²) < 4.78 is 5.97. The smallest absolute Gasteiger partial charge is 0.131 e. The van der Waals surface area contributed by atoms with Crippen molar-refractivity contribution in [3.63, 3.8) is 0 Å². The van der Waals surface area contributed by atoms with Gasteiger partial charge in [0.05, 0.1) is 11.4 Å². The third-order valence-corrected chi connectivity index (χ3v) is 7.61. The lowest BCUT2D eigenvalue weighted by Crippen LogP contribution is -2.49. The Morgan fingerprint density at radius 2 is 1.76 bits per heavy atom. The monoisotopic (exact) mass is 493 g/mol. The average Bonchev–Trinajstić information content (AvgIpc) is 2.95. The molecule has 6 rings (SSSR count). The Kier molecular flexibility index (Phi) is 6.60. The van der Waals surface area contributed by atoms with Gasteiger partial charge < -0.3 is 19.5 Å². The molecule has 1 saturated heterocycles. The number of nitrogens with zero attached hydrogens (tertiary/aromatic N) is 3. The molecule has 0 bridgehead atoms. The van der Waals surface area contributed by atoms with E-state index in [0.29, 0.717) is 6.54 Å². The Morgan fingerprint density at radius 1 is 0.946 bits per heavy atom. The molecule has 1 fully saturated rings. The van der Waals surface area contributed by atoms with Crippen LogP contribution in [-0.4, -0.2) is 66.7 Å². The van der Waals surface area contributed by atoms with Gasteiger partial charge in [0.15, 0.2) is 0 Å². The molecule has 2 heterocycles. The molecule has 37 heavy (non-hydrogen) atoms. The Hall–Kier alpha value is -3.74. The zero-order valence-electron chi connectivity index (χ0n) is 20.8. The van der Waals surface area contributed by atoms with Crippen LogP contribution in [0.5, 0.6) is 5.75 Å². The number of aliphatic hydroxyl groups is 1. The molecular formula is C31H31N3O3. The number of hydrogen-bond donors (Lipinski definition) is 1. The number of piperazine rings is 1. The second-order valence-corrected chi connectivity index (χ2v) is 9.92. The fourth-order valence-corrected chi connectivity index (χ4v) is 5.80. The first-order valence-corrected chi connectivity index (χ1v) is 13.0. The van der Waals surface area contributed by atoms with Crippen LogP contribution in [0.2, 0.25) is 0 Å². The Bertz CT molecular complexity index is 1410. The van der Waals surface area contributed by atoms with E-state index in [1.807, 2.05) is 42.5 Å². The minimum Gasteiger partial charge on any atom is -0.490 e. The molecule has 2 unspecified atom stereocenters. The van der Waals surface area contributed by atoms with Crippen molar-refractivity contribution in [2.24, 2.45) is 0 Å². The van der Waals surface area contributed by atoms with Crippen molar-refractivity contribution in [3.05, 3.63) is 101 Å². The van der Waals surface area contributed by atoms with E-state index in [1.165, 1.54) is 11.1 Å². The van der Waals surface area contributed by atoms with Gasteiger partial charge in [-0.15, -0.1) is 0 Å². The van der Waals surface area contributed by atoms with Crippen LogP contribution < -0.4 is 9.64 Å². The predicted molar refractivity (Wildman–Crippen MR) is 145 cm³/mol. The fraction of sp³-hybridized carbons (Fsp3) is 0.290. The van der Waals surface area contributed by atoms with Crippen molar-refractivity contribution in [1.29, 1.82) is 0 Å². The number of aldehydes is 1. The number of β-amino-alcohol motifs (C(OH)–C–C–N with tert-alkyl or cyclic N) is 1. The second kappa shape index (κ2) is 10.3. The van der Waals surface area contributed by atoms with Gasteiger partial charge in [0.1, 0.15) is 24.7 Å². The molecule has 1 aliphatic carbocycles. The number of aliphatic hydroxyl groups excluding tert-OH is 1. The maximum atomic E-state index is 12.3. The highest BCUT2D eigenvalue weighted by molar-refractivity contribution is 5.84. The zero-order valence-corrected chi connectivity index (χ0v) is 20.8. The van der Waals surface area contributed by atoms with Crippen LogP contribution in [-0.2, 0) is 11.2 Å². The van der Waals surface area contributed by atoms with Gasteiger partial charge in [-0.2, -0.15) is 0 Å². The first-order chi connectivity index (χ1) is 18.2. The van der Waals surface area contributed by atoms with Crippen molar-refractivity contribution in [3.8, 4) is 5.75 Å². The third-order valence-electron chi connectivity index (χ3n) is 7.61. The largest absolute Gasteiger partial charge is 0.490 e. The number of ether oxygens (including phenoxy) is 1. The lowest BCUT2D eigenvalue weighted by Gasteiger charge is -2.39. The molecule has 4 aromatic rings. The molecular weight excluding hydrogens is 462 g/mol. The van der Waals surface area contributed by atoms with E-state index in [2.05, 4.69) is 45.1 Å². The number of fused-ring (bicyclic) bond motifs is 3. The highest BCUT2D eigenvalue weighted by Crippen LogP contribution is 2.41. The van der Waals surface area contributed by atoms with Crippen LogP contribution in [0.25, 0.3) is 10.9 Å². The second-order valence-electron chi connectivity index (χ2n) is 9.92. The number of rotatable bonds is 7. The van der Waals surface area contributed by atoms with E-state index in [0.717, 1.165) is 72.4 Å². The molecule has 1 aromatic heterocycles. The molecule has 188 valence electrons. The molecule has 0 amide bonds. The molecule has 0 saturated carbocycles. The molecule has 1 aliphatic heterocycles. The van der Waals surface area contributed by atoms with Crippen LogP contribution in [0.1, 0.15) is 28.2 Å². The first-order valence-electron chi connectivity index (χ1n) is 13.0. The average molecular weight is 494 g/mol. The summed E-state index contributed by atoms with van der Waals surface area (Å²) in [6.07, 6.45) is 3.14. The number of anilines is 1. The summed E-state index contributed by atoms with van der Waals surface area (Å²) in [5.74, 6) is 0.520. The third kappa shape index (κ3) is 4.70. The van der Waals surface area contributed by atoms with E-state index >= 15 is 0 Å². The molecule has 0 radical (unpaired) electrons. The van der Waals surface area contributed by atoms with Crippen LogP contribution >= 0.6 is 0 Å². The summed E-state index contributed by atoms with van der Waals surface area (Å²) in [6, 6.07) is 24.4. The van der Waals surface area contributed by atoms with E-state index in [9.17, 15) is 9.90 Å². The number of carbonyl (C=O) groups excluding carboxylic acids is 1. The minimum absolute atomic E-state index is 0.225. The molecule has 2 atom stereocenters. The highest BCUT2D eigenvalue weighted by Gasteiger charge is 2.30. The van der Waals surface area contributed by atoms with E-state index in [4.69, 9.17) is 4.74 Å². The maximum absolute atomic E-state index is 12.3. The summed E-state index contributed by atoms with van der Waals surface area (Å²) in [7, 11) is 0. The number of carbonyl (C=O) groups is 1. The van der Waals surface area contributed by atoms with Crippen molar-refractivity contribution in [1.82, 2.24) is 9.88 Å². The maximum Gasteiger partial charge on any atom is 0.131 e. The van der Waals surface area contributed by atoms with E-state index < -0.39 is 6.10 Å². The fourth-order valence-electron chi connectivity index (χ4n) is 5.80. The summed E-state index contributed by atoms with van der Waals surface area (Å²) >= 11 is 0. The molecule has 6 heteroatoms. The van der Waals surface area contributed by atoms with Gasteiger partial charge in [-0.1, -0.05) is 42.5 Å². The SMILES string of the molecule is O=CC1c2ccccc2Cc2cccc(N3CCN(CC(O)COc4cccc5ncccc45)CC3)c21. The number of benzene rings is 3. The Balaban J connectivity index is 1.09. The van der Waals surface area contributed by atoms with Gasteiger partial charge in [-0.05, 0) is 59.0 Å². The highest BCUT2D eigenvalue weighted by atomic mass is 16.5. The molecule has 3 aromatic carbocycles. The first kappa shape index (κ1) is 23.6. The Labute approximate surface area is 217 Å². The number of hydrogen-bond acceptors (Lipinski definition) is 6. The molecule has 0 spiro atoms. The van der Waals surface area contributed by atoms with Crippen molar-refractivity contribution in [2.45, 2.75) is 18.4 Å². The summed E-state index contributed by atoms with van der Waals surface area (Å²) in [6.45, 7) is 4.20. The van der Waals surface area contributed by atoms with Gasteiger partial charge in [0.2, 0.25) is 0 Å². The van der Waals surface area contributed by atoms with E-state index in [1.54, 1.807) is 6.20 Å². The zero-order chi connectivity index (χ0) is 25.2. The summed E-state index contributed by atoms with van der Waals surface area (Å²) in [5, 5.41) is 11.7. The standard InChI is InChI=1S/C31H31N3O3/c35-20-27-25-8-2-1-6-22(25)18-23-7-3-11-29(31(23)27)34-16-14-33(15-17-34)19-24(36)21-37-30-12-4-10-28-26(30)9-5-13-32-28/h1-13,20,24,27,36H,14-19,21H2. The van der Waals surface area contributed by atoms with Gasteiger partial charge in [-0.3, -0.25) is 9.88 Å². The number of pyridine rings is 1. The molecule has 2 aliphatic rings. The van der Waals surface area contributed by atoms with Crippen molar-refractivity contribution in [2.75, 3.05) is 44.2 Å². The normalized spacial score (nSPS) is 18.2. The predicted octanol–water partition coefficient (Wildman–Crippen LogP) is 4.03. The summed E-state index contributed by atoms with van der Waals surface area (Å²) in [5.41, 5.74) is 6.81. The minimum atomic E-state index is -0.584. The lowest BCUT2D eigenvalue weighted by atomic mass is 9.78. The van der Waals surface area contributed by atoms with Crippen LogP contribution in [0.15, 0.2) is 79.0 Å². The molecule has 6 nitrogen and oxygen atoms in total. The van der Waals surface area contributed by atoms with Crippen molar-refractivity contribution < 1.29 is 14.6 Å². The van der Waals surface area contributed by atoms with Crippen molar-refractivity contribution >= 4 is 22.9 Å². The molecule has 1 N–H and O–H groups in total.